The Morgan fingerprint density at radius 1 is 1.17 bits per heavy atom. The van der Waals surface area contributed by atoms with Crippen molar-refractivity contribution in [3.05, 3.63) is 71.7 Å². The van der Waals surface area contributed by atoms with Crippen molar-refractivity contribution in [2.24, 2.45) is 0 Å². The second-order valence-corrected chi connectivity index (χ2v) is 9.15. The summed E-state index contributed by atoms with van der Waals surface area (Å²) < 4.78 is 48.3. The molecule has 1 unspecified atom stereocenters. The van der Waals surface area contributed by atoms with Gasteiger partial charge in [0.2, 0.25) is 10.0 Å². The standard InChI is InChI=1S/C22H24FN3O3S/c1-16-12-18-5-3-7-21(22(18)24-14-16)30(27,28)25-15-20(26-8-10-29-11-9-26)17-4-2-6-19(23)13-17/h2-7,12-14,20,25H,8-11,15H2,1H3. The van der Waals surface area contributed by atoms with Crippen LogP contribution in [0.2, 0.25) is 0 Å². The fourth-order valence-electron chi connectivity index (χ4n) is 3.79. The first-order chi connectivity index (χ1) is 14.4. The predicted molar refractivity (Wildman–Crippen MR) is 113 cm³/mol. The molecule has 2 heterocycles. The molecule has 1 saturated heterocycles. The Morgan fingerprint density at radius 3 is 2.70 bits per heavy atom. The zero-order chi connectivity index (χ0) is 21.1. The van der Waals surface area contributed by atoms with Gasteiger partial charge in [0.25, 0.3) is 0 Å². The Morgan fingerprint density at radius 2 is 1.93 bits per heavy atom. The lowest BCUT2D eigenvalue weighted by Gasteiger charge is -2.34. The van der Waals surface area contributed by atoms with Gasteiger partial charge in [0.1, 0.15) is 10.7 Å². The van der Waals surface area contributed by atoms with Gasteiger partial charge in [0.05, 0.1) is 18.7 Å². The summed E-state index contributed by atoms with van der Waals surface area (Å²) in [5.74, 6) is -0.345. The van der Waals surface area contributed by atoms with Gasteiger partial charge in [-0.1, -0.05) is 24.3 Å². The van der Waals surface area contributed by atoms with E-state index >= 15 is 0 Å². The number of benzene rings is 2. The van der Waals surface area contributed by atoms with E-state index < -0.39 is 10.0 Å². The van der Waals surface area contributed by atoms with E-state index in [1.54, 1.807) is 24.4 Å². The number of nitrogens with zero attached hydrogens (tertiary/aromatic N) is 2. The summed E-state index contributed by atoms with van der Waals surface area (Å²) >= 11 is 0. The zero-order valence-electron chi connectivity index (χ0n) is 16.7. The second kappa shape index (κ2) is 8.77. The molecular formula is C22H24FN3O3S. The van der Waals surface area contributed by atoms with E-state index in [4.69, 9.17) is 4.74 Å². The first-order valence-corrected chi connectivity index (χ1v) is 11.3. The van der Waals surface area contributed by atoms with Gasteiger partial charge in [-0.15, -0.1) is 0 Å². The van der Waals surface area contributed by atoms with Crippen LogP contribution in [0.5, 0.6) is 0 Å². The molecule has 1 fully saturated rings. The molecule has 158 valence electrons. The molecule has 1 aromatic heterocycles. The molecule has 3 aromatic rings. The van der Waals surface area contributed by atoms with Crippen LogP contribution in [0.15, 0.2) is 59.6 Å². The van der Waals surface area contributed by atoms with Crippen molar-refractivity contribution in [1.82, 2.24) is 14.6 Å². The third kappa shape index (κ3) is 4.52. The molecule has 2 aromatic carbocycles. The smallest absolute Gasteiger partial charge is 0.242 e. The molecule has 0 radical (unpaired) electrons. The van der Waals surface area contributed by atoms with Crippen LogP contribution in [-0.2, 0) is 14.8 Å². The number of hydrogen-bond donors (Lipinski definition) is 1. The minimum absolute atomic E-state index is 0.119. The number of hydrogen-bond acceptors (Lipinski definition) is 5. The van der Waals surface area contributed by atoms with Crippen LogP contribution in [0.25, 0.3) is 10.9 Å². The van der Waals surface area contributed by atoms with Gasteiger partial charge >= 0.3 is 0 Å². The van der Waals surface area contributed by atoms with Crippen molar-refractivity contribution >= 4 is 20.9 Å². The highest BCUT2D eigenvalue weighted by Crippen LogP contribution is 2.25. The Balaban J connectivity index is 1.63. The van der Waals surface area contributed by atoms with E-state index in [0.29, 0.717) is 31.8 Å². The molecule has 0 aliphatic carbocycles. The number of nitrogens with one attached hydrogen (secondary N) is 1. The monoisotopic (exact) mass is 429 g/mol. The average molecular weight is 430 g/mol. The van der Waals surface area contributed by atoms with Gasteiger partial charge in [-0.3, -0.25) is 9.88 Å². The quantitative estimate of drug-likeness (QED) is 0.652. The average Bonchev–Trinajstić information content (AvgIpc) is 2.74. The molecule has 1 aliphatic heterocycles. The molecule has 0 bridgehead atoms. The van der Waals surface area contributed by atoms with E-state index in [1.807, 2.05) is 25.1 Å². The van der Waals surface area contributed by atoms with Crippen molar-refractivity contribution in [3.63, 3.8) is 0 Å². The molecule has 6 nitrogen and oxygen atoms in total. The van der Waals surface area contributed by atoms with Gasteiger partial charge in [-0.05, 0) is 42.3 Å². The summed E-state index contributed by atoms with van der Waals surface area (Å²) in [6.45, 7) is 4.46. The highest BCUT2D eigenvalue weighted by atomic mass is 32.2. The Kier molecular flexibility index (Phi) is 6.10. The lowest BCUT2D eigenvalue weighted by Crippen LogP contribution is -2.43. The highest BCUT2D eigenvalue weighted by Gasteiger charge is 2.26. The van der Waals surface area contributed by atoms with E-state index in [0.717, 1.165) is 16.5 Å². The summed E-state index contributed by atoms with van der Waals surface area (Å²) in [5.41, 5.74) is 2.12. The maximum atomic E-state index is 13.9. The molecule has 0 saturated carbocycles. The van der Waals surface area contributed by atoms with Crippen LogP contribution in [0.1, 0.15) is 17.2 Å². The molecule has 4 rings (SSSR count). The van der Waals surface area contributed by atoms with Gasteiger partial charge in [-0.25, -0.2) is 17.5 Å². The molecule has 0 spiro atoms. The van der Waals surface area contributed by atoms with Crippen LogP contribution in [-0.4, -0.2) is 51.1 Å². The summed E-state index contributed by atoms with van der Waals surface area (Å²) in [7, 11) is -3.82. The Hall–Kier alpha value is -2.39. The molecule has 8 heteroatoms. The molecule has 1 atom stereocenters. The molecule has 1 aliphatic rings. The Bertz CT molecular complexity index is 1150. The topological polar surface area (TPSA) is 71.5 Å². The minimum Gasteiger partial charge on any atom is -0.379 e. The SMILES string of the molecule is Cc1cnc2c(S(=O)(=O)NCC(c3cccc(F)c3)N3CCOCC3)cccc2c1. The normalized spacial score (nSPS) is 16.6. The van der Waals surface area contributed by atoms with Crippen molar-refractivity contribution < 1.29 is 17.5 Å². The van der Waals surface area contributed by atoms with E-state index in [-0.39, 0.29) is 23.3 Å². The number of para-hydroxylation sites is 1. The lowest BCUT2D eigenvalue weighted by atomic mass is 10.0. The van der Waals surface area contributed by atoms with E-state index in [9.17, 15) is 12.8 Å². The second-order valence-electron chi connectivity index (χ2n) is 7.41. The third-order valence-corrected chi connectivity index (χ3v) is 6.74. The number of morpholine rings is 1. The lowest BCUT2D eigenvalue weighted by molar-refractivity contribution is 0.0171. The third-order valence-electron chi connectivity index (χ3n) is 5.29. The number of pyridine rings is 1. The fourth-order valence-corrected chi connectivity index (χ4v) is 5.00. The first-order valence-electron chi connectivity index (χ1n) is 9.86. The number of ether oxygens (including phenoxy) is 1. The molecule has 0 amide bonds. The summed E-state index contributed by atoms with van der Waals surface area (Å²) in [6, 6.07) is 13.0. The van der Waals surface area contributed by atoms with Crippen molar-refractivity contribution in [2.45, 2.75) is 17.9 Å². The summed E-state index contributed by atoms with van der Waals surface area (Å²) in [6.07, 6.45) is 1.66. The van der Waals surface area contributed by atoms with E-state index in [1.165, 1.54) is 12.1 Å². The van der Waals surface area contributed by atoms with Crippen LogP contribution < -0.4 is 4.72 Å². The largest absolute Gasteiger partial charge is 0.379 e. The van der Waals surface area contributed by atoms with Gasteiger partial charge in [0.15, 0.2) is 0 Å². The van der Waals surface area contributed by atoms with E-state index in [2.05, 4.69) is 14.6 Å². The highest BCUT2D eigenvalue weighted by molar-refractivity contribution is 7.89. The number of rotatable bonds is 6. The van der Waals surface area contributed by atoms with Crippen LogP contribution in [0.3, 0.4) is 0 Å². The van der Waals surface area contributed by atoms with Crippen molar-refractivity contribution in [2.75, 3.05) is 32.8 Å². The fraction of sp³-hybridized carbons (Fsp3) is 0.318. The van der Waals surface area contributed by atoms with Crippen molar-refractivity contribution in [3.8, 4) is 0 Å². The van der Waals surface area contributed by atoms with Gasteiger partial charge in [0, 0.05) is 37.3 Å². The van der Waals surface area contributed by atoms with Crippen LogP contribution in [0.4, 0.5) is 4.39 Å². The number of sulfonamides is 1. The number of aryl methyl sites for hydroxylation is 1. The number of fused-ring (bicyclic) bond motifs is 1. The number of halogens is 1. The first kappa shape index (κ1) is 20.9. The summed E-state index contributed by atoms with van der Waals surface area (Å²) in [4.78, 5) is 6.59. The minimum atomic E-state index is -3.82. The summed E-state index contributed by atoms with van der Waals surface area (Å²) in [5, 5.41) is 0.771. The Labute approximate surface area is 175 Å². The van der Waals surface area contributed by atoms with Gasteiger partial charge < -0.3 is 4.74 Å². The molecule has 1 N–H and O–H groups in total. The number of aromatic nitrogens is 1. The predicted octanol–water partition coefficient (Wildman–Crippen LogP) is 3.03. The maximum absolute atomic E-state index is 13.9. The molecular weight excluding hydrogens is 405 g/mol. The zero-order valence-corrected chi connectivity index (χ0v) is 17.5. The van der Waals surface area contributed by atoms with Crippen molar-refractivity contribution in [1.29, 1.82) is 0 Å². The van der Waals surface area contributed by atoms with Gasteiger partial charge in [-0.2, -0.15) is 0 Å². The maximum Gasteiger partial charge on any atom is 0.242 e. The van der Waals surface area contributed by atoms with Crippen LogP contribution >= 0.6 is 0 Å². The molecule has 30 heavy (non-hydrogen) atoms. The van der Waals surface area contributed by atoms with Crippen LogP contribution in [0, 0.1) is 12.7 Å².